The summed E-state index contributed by atoms with van der Waals surface area (Å²) in [5, 5.41) is 14.6. The maximum atomic E-state index is 12.8. The molecule has 28 heavy (non-hydrogen) atoms. The predicted molar refractivity (Wildman–Crippen MR) is 111 cm³/mol. The molecule has 3 rings (SSSR count). The standard InChI is InChI=1S/C19H23N5O2S2/c1-14-6-4-8-17(15(14)2)24-19(20-21-22-24)28-13-18(25)23(9-10-26-3)12-16-7-5-11-27-16/h4-8,11H,9-10,12-13H2,1-3H3. The summed E-state index contributed by atoms with van der Waals surface area (Å²) in [6, 6.07) is 10.0. The van der Waals surface area contributed by atoms with Crippen molar-refractivity contribution in [2.75, 3.05) is 26.0 Å². The number of aryl methyl sites for hydroxylation is 1. The third-order valence-electron chi connectivity index (χ3n) is 4.41. The maximum Gasteiger partial charge on any atom is 0.233 e. The van der Waals surface area contributed by atoms with E-state index in [9.17, 15) is 4.79 Å². The molecule has 9 heteroatoms. The van der Waals surface area contributed by atoms with Crippen LogP contribution in [0.25, 0.3) is 5.69 Å². The van der Waals surface area contributed by atoms with Crippen LogP contribution in [0.3, 0.4) is 0 Å². The Morgan fingerprint density at radius 1 is 1.29 bits per heavy atom. The highest BCUT2D eigenvalue weighted by atomic mass is 32.2. The lowest BCUT2D eigenvalue weighted by atomic mass is 10.1. The van der Waals surface area contributed by atoms with E-state index < -0.39 is 0 Å². The molecule has 0 saturated carbocycles. The number of thiophene rings is 1. The number of methoxy groups -OCH3 is 1. The van der Waals surface area contributed by atoms with Gasteiger partial charge < -0.3 is 9.64 Å². The van der Waals surface area contributed by atoms with Gasteiger partial charge in [-0.05, 0) is 52.9 Å². The van der Waals surface area contributed by atoms with Gasteiger partial charge in [-0.25, -0.2) is 0 Å². The minimum atomic E-state index is 0.0333. The minimum Gasteiger partial charge on any atom is -0.383 e. The zero-order valence-electron chi connectivity index (χ0n) is 16.2. The van der Waals surface area contributed by atoms with E-state index in [0.717, 1.165) is 16.1 Å². The summed E-state index contributed by atoms with van der Waals surface area (Å²) in [7, 11) is 1.64. The van der Waals surface area contributed by atoms with Gasteiger partial charge >= 0.3 is 0 Å². The molecule has 148 valence electrons. The third kappa shape index (κ3) is 4.98. The first-order valence-corrected chi connectivity index (χ1v) is 10.7. The maximum absolute atomic E-state index is 12.8. The average Bonchev–Trinajstić information content (AvgIpc) is 3.37. The monoisotopic (exact) mass is 417 g/mol. The van der Waals surface area contributed by atoms with Crippen LogP contribution in [0, 0.1) is 13.8 Å². The summed E-state index contributed by atoms with van der Waals surface area (Å²) in [5.41, 5.74) is 3.21. The molecular weight excluding hydrogens is 394 g/mol. The van der Waals surface area contributed by atoms with E-state index in [4.69, 9.17) is 4.74 Å². The Kier molecular flexibility index (Phi) is 7.18. The molecule has 0 atom stereocenters. The lowest BCUT2D eigenvalue weighted by Gasteiger charge is -2.21. The number of hydrogen-bond donors (Lipinski definition) is 0. The van der Waals surface area contributed by atoms with E-state index in [1.807, 2.05) is 41.5 Å². The van der Waals surface area contributed by atoms with Crippen LogP contribution in [-0.4, -0.2) is 57.0 Å². The Balaban J connectivity index is 1.69. The topological polar surface area (TPSA) is 73.1 Å². The Morgan fingerprint density at radius 3 is 2.89 bits per heavy atom. The summed E-state index contributed by atoms with van der Waals surface area (Å²) < 4.78 is 6.85. The van der Waals surface area contributed by atoms with Crippen molar-refractivity contribution in [2.24, 2.45) is 0 Å². The number of aromatic nitrogens is 4. The normalized spacial score (nSPS) is 11.0. The van der Waals surface area contributed by atoms with Crippen LogP contribution >= 0.6 is 23.1 Å². The van der Waals surface area contributed by atoms with Crippen molar-refractivity contribution in [1.29, 1.82) is 0 Å². The lowest BCUT2D eigenvalue weighted by Crippen LogP contribution is -2.34. The van der Waals surface area contributed by atoms with E-state index in [1.165, 1.54) is 17.3 Å². The molecule has 1 amide bonds. The molecule has 0 aliphatic carbocycles. The van der Waals surface area contributed by atoms with E-state index >= 15 is 0 Å². The molecule has 3 aromatic rings. The fraction of sp³-hybridized carbons (Fsp3) is 0.368. The van der Waals surface area contributed by atoms with Gasteiger partial charge in [-0.15, -0.1) is 16.4 Å². The largest absolute Gasteiger partial charge is 0.383 e. The van der Waals surface area contributed by atoms with Crippen molar-refractivity contribution >= 4 is 29.0 Å². The number of ether oxygens (including phenoxy) is 1. The van der Waals surface area contributed by atoms with Crippen LogP contribution in [0.5, 0.6) is 0 Å². The average molecular weight is 418 g/mol. The van der Waals surface area contributed by atoms with Crippen LogP contribution in [0.4, 0.5) is 0 Å². The number of amides is 1. The number of thioether (sulfide) groups is 1. The molecular formula is C19H23N5O2S2. The molecule has 2 aromatic heterocycles. The van der Waals surface area contributed by atoms with Crippen molar-refractivity contribution < 1.29 is 9.53 Å². The minimum absolute atomic E-state index is 0.0333. The second kappa shape index (κ2) is 9.81. The van der Waals surface area contributed by atoms with Gasteiger partial charge in [-0.1, -0.05) is 30.0 Å². The van der Waals surface area contributed by atoms with Crippen LogP contribution in [-0.2, 0) is 16.1 Å². The van der Waals surface area contributed by atoms with Crippen LogP contribution in [0.1, 0.15) is 16.0 Å². The van der Waals surface area contributed by atoms with Gasteiger partial charge in [0, 0.05) is 18.5 Å². The summed E-state index contributed by atoms with van der Waals surface area (Å²) in [6.45, 7) is 5.73. The van der Waals surface area contributed by atoms with Gasteiger partial charge in [0.2, 0.25) is 11.1 Å². The van der Waals surface area contributed by atoms with E-state index in [-0.39, 0.29) is 11.7 Å². The molecule has 7 nitrogen and oxygen atoms in total. The molecule has 0 saturated heterocycles. The highest BCUT2D eigenvalue weighted by molar-refractivity contribution is 7.99. The first kappa shape index (κ1) is 20.5. The summed E-state index contributed by atoms with van der Waals surface area (Å²) in [6.07, 6.45) is 0. The van der Waals surface area contributed by atoms with Gasteiger partial charge in [0.05, 0.1) is 24.6 Å². The first-order valence-electron chi connectivity index (χ1n) is 8.87. The Labute approximate surface area is 172 Å². The second-order valence-corrected chi connectivity index (χ2v) is 8.24. The Bertz CT molecular complexity index is 911. The lowest BCUT2D eigenvalue weighted by molar-refractivity contribution is -0.129. The molecule has 0 unspecified atom stereocenters. The predicted octanol–water partition coefficient (Wildman–Crippen LogP) is 3.11. The molecule has 0 aliphatic rings. The number of rotatable bonds is 9. The van der Waals surface area contributed by atoms with Crippen LogP contribution < -0.4 is 0 Å². The summed E-state index contributed by atoms with van der Waals surface area (Å²) in [4.78, 5) is 15.8. The van der Waals surface area contributed by atoms with E-state index in [0.29, 0.717) is 24.9 Å². The fourth-order valence-corrected chi connectivity index (χ4v) is 4.19. The van der Waals surface area contributed by atoms with Gasteiger partial charge in [-0.2, -0.15) is 4.68 Å². The molecule has 1 aromatic carbocycles. The van der Waals surface area contributed by atoms with Crippen molar-refractivity contribution in [3.63, 3.8) is 0 Å². The molecule has 0 bridgehead atoms. The molecule has 0 fully saturated rings. The SMILES string of the molecule is COCCN(Cc1cccs1)C(=O)CSc1nnnn1-c1cccc(C)c1C. The number of tetrazole rings is 1. The first-order chi connectivity index (χ1) is 13.6. The quantitative estimate of drug-likeness (QED) is 0.498. The van der Waals surface area contributed by atoms with Gasteiger partial charge in [0.25, 0.3) is 0 Å². The number of hydrogen-bond acceptors (Lipinski definition) is 7. The van der Waals surface area contributed by atoms with Crippen LogP contribution in [0.2, 0.25) is 0 Å². The number of carbonyl (C=O) groups is 1. The van der Waals surface area contributed by atoms with Crippen molar-refractivity contribution in [2.45, 2.75) is 25.5 Å². The number of nitrogens with zero attached hydrogens (tertiary/aromatic N) is 5. The van der Waals surface area contributed by atoms with E-state index in [1.54, 1.807) is 23.1 Å². The molecule has 2 heterocycles. The van der Waals surface area contributed by atoms with Gasteiger partial charge in [0.1, 0.15) is 0 Å². The summed E-state index contributed by atoms with van der Waals surface area (Å²) >= 11 is 2.99. The zero-order valence-corrected chi connectivity index (χ0v) is 17.8. The molecule has 0 spiro atoms. The van der Waals surface area contributed by atoms with Crippen molar-refractivity contribution in [1.82, 2.24) is 25.1 Å². The van der Waals surface area contributed by atoms with E-state index in [2.05, 4.69) is 28.5 Å². The molecule has 0 aliphatic heterocycles. The second-order valence-electron chi connectivity index (χ2n) is 6.27. The van der Waals surface area contributed by atoms with Gasteiger partial charge in [-0.3, -0.25) is 4.79 Å². The third-order valence-corrected chi connectivity index (χ3v) is 6.18. The van der Waals surface area contributed by atoms with Crippen molar-refractivity contribution in [3.8, 4) is 5.69 Å². The van der Waals surface area contributed by atoms with Crippen molar-refractivity contribution in [3.05, 3.63) is 51.7 Å². The summed E-state index contributed by atoms with van der Waals surface area (Å²) in [5.74, 6) is 0.298. The highest BCUT2D eigenvalue weighted by Gasteiger charge is 2.18. The molecule has 0 N–H and O–H groups in total. The number of benzene rings is 1. The smallest absolute Gasteiger partial charge is 0.233 e. The molecule has 0 radical (unpaired) electrons. The zero-order chi connectivity index (χ0) is 19.9. The Hall–Kier alpha value is -2.23. The van der Waals surface area contributed by atoms with Crippen LogP contribution in [0.15, 0.2) is 40.9 Å². The number of carbonyl (C=O) groups excluding carboxylic acids is 1. The Morgan fingerprint density at radius 2 is 2.14 bits per heavy atom. The van der Waals surface area contributed by atoms with Gasteiger partial charge in [0.15, 0.2) is 0 Å². The fourth-order valence-electron chi connectivity index (χ4n) is 2.69. The highest BCUT2D eigenvalue weighted by Crippen LogP contribution is 2.23.